The van der Waals surface area contributed by atoms with Crippen molar-refractivity contribution in [2.45, 2.75) is 24.9 Å². The number of hydrogen-bond acceptors (Lipinski definition) is 7. The number of nitrogens with one attached hydrogen (secondary N) is 1. The monoisotopic (exact) mass is 345 g/mol. The molecular formula is C16H15N3O6. The van der Waals surface area contributed by atoms with Crippen LogP contribution in [0.3, 0.4) is 0 Å². The number of fused-ring (bicyclic) bond motifs is 3. The van der Waals surface area contributed by atoms with Gasteiger partial charge in [-0.2, -0.15) is 0 Å². The average Bonchev–Trinajstić information content (AvgIpc) is 2.99. The summed E-state index contributed by atoms with van der Waals surface area (Å²) in [6.45, 7) is 0. The molecule has 1 aromatic rings. The van der Waals surface area contributed by atoms with Crippen LogP contribution >= 0.6 is 0 Å². The summed E-state index contributed by atoms with van der Waals surface area (Å²) in [5, 5.41) is 31.6. The van der Waals surface area contributed by atoms with Crippen LogP contribution in [0.1, 0.15) is 29.0 Å². The number of carbonyl (C=O) groups excluding carboxylic acids is 3. The van der Waals surface area contributed by atoms with Gasteiger partial charge in [-0.25, -0.2) is 4.98 Å². The van der Waals surface area contributed by atoms with Crippen LogP contribution in [0, 0.1) is 11.8 Å². The summed E-state index contributed by atoms with van der Waals surface area (Å²) < 4.78 is 0. The lowest BCUT2D eigenvalue weighted by Crippen LogP contribution is -2.57. The number of hydrogen-bond donors (Lipinski definition) is 5. The number of H-pyrrole nitrogens is 1. The Kier molecular flexibility index (Phi) is 2.99. The number of aromatic nitrogens is 2. The Morgan fingerprint density at radius 3 is 2.72 bits per heavy atom. The number of ketones is 2. The normalized spacial score (nSPS) is 31.6. The fraction of sp³-hybridized carbons (Fsp3) is 0.375. The molecule has 0 saturated carbocycles. The van der Waals surface area contributed by atoms with E-state index in [2.05, 4.69) is 9.97 Å². The van der Waals surface area contributed by atoms with Crippen molar-refractivity contribution in [3.63, 3.8) is 0 Å². The van der Waals surface area contributed by atoms with Crippen LogP contribution in [0.4, 0.5) is 0 Å². The van der Waals surface area contributed by atoms with Gasteiger partial charge in [-0.05, 0) is 18.8 Å². The number of nitrogens with zero attached hydrogens (tertiary/aromatic N) is 1. The van der Waals surface area contributed by atoms with E-state index in [0.29, 0.717) is 12.1 Å². The molecule has 3 aliphatic rings. The third-order valence-corrected chi connectivity index (χ3v) is 5.36. The van der Waals surface area contributed by atoms with Gasteiger partial charge in [0.25, 0.3) is 5.91 Å². The molecule has 0 saturated heterocycles. The fourth-order valence-electron chi connectivity index (χ4n) is 4.18. The molecule has 0 spiro atoms. The van der Waals surface area contributed by atoms with Crippen LogP contribution in [-0.2, 0) is 16.0 Å². The Hall–Kier alpha value is -2.94. The molecule has 0 radical (unpaired) electrons. The van der Waals surface area contributed by atoms with Gasteiger partial charge in [0.05, 0.1) is 12.0 Å². The highest BCUT2D eigenvalue weighted by molar-refractivity contribution is 6.24. The molecule has 0 bridgehead atoms. The quantitative estimate of drug-likeness (QED) is 0.431. The minimum Gasteiger partial charge on any atom is -0.511 e. The van der Waals surface area contributed by atoms with Gasteiger partial charge in [0.1, 0.15) is 22.8 Å². The number of carbonyl (C=O) groups is 3. The second kappa shape index (κ2) is 4.79. The number of amides is 1. The SMILES string of the molecule is NC(=O)C1=C(O)CC2C[C@@H]3Cc4nc[nH]c4C(=O)C3=C(O)[C@]2(O)C1=O. The Balaban J connectivity index is 1.90. The number of aliphatic hydroxyl groups excluding tert-OH is 2. The van der Waals surface area contributed by atoms with E-state index in [1.165, 1.54) is 6.33 Å². The number of aliphatic hydroxyl groups is 3. The summed E-state index contributed by atoms with van der Waals surface area (Å²) >= 11 is 0. The van der Waals surface area contributed by atoms with E-state index in [-0.39, 0.29) is 24.1 Å². The molecular weight excluding hydrogens is 330 g/mol. The van der Waals surface area contributed by atoms with Gasteiger partial charge >= 0.3 is 0 Å². The van der Waals surface area contributed by atoms with Crippen molar-refractivity contribution in [1.29, 1.82) is 0 Å². The topological polar surface area (TPSA) is 167 Å². The van der Waals surface area contributed by atoms with Crippen LogP contribution < -0.4 is 5.73 Å². The molecule has 9 heteroatoms. The summed E-state index contributed by atoms with van der Waals surface area (Å²) in [6.07, 6.45) is 1.70. The third-order valence-electron chi connectivity index (χ3n) is 5.36. The fourth-order valence-corrected chi connectivity index (χ4v) is 4.18. The van der Waals surface area contributed by atoms with Crippen molar-refractivity contribution in [2.75, 3.05) is 0 Å². The number of primary amides is 1. The van der Waals surface area contributed by atoms with E-state index in [1.54, 1.807) is 0 Å². The lowest BCUT2D eigenvalue weighted by molar-refractivity contribution is -0.144. The number of aromatic amines is 1. The van der Waals surface area contributed by atoms with E-state index in [1.807, 2.05) is 0 Å². The third kappa shape index (κ3) is 1.81. The highest BCUT2D eigenvalue weighted by atomic mass is 16.3. The van der Waals surface area contributed by atoms with Gasteiger partial charge in [-0.15, -0.1) is 0 Å². The van der Waals surface area contributed by atoms with Crippen molar-refractivity contribution < 1.29 is 29.7 Å². The lowest BCUT2D eigenvalue weighted by Gasteiger charge is -2.45. The Labute approximate surface area is 140 Å². The molecule has 6 N–H and O–H groups in total. The number of nitrogens with two attached hydrogens (primary N) is 1. The van der Waals surface area contributed by atoms with Crippen LogP contribution in [-0.4, -0.2) is 48.4 Å². The van der Waals surface area contributed by atoms with Gasteiger partial charge in [0, 0.05) is 17.9 Å². The van der Waals surface area contributed by atoms with Crippen molar-refractivity contribution in [3.8, 4) is 0 Å². The molecule has 130 valence electrons. The minimum atomic E-state index is -2.45. The first-order valence-electron chi connectivity index (χ1n) is 7.76. The largest absolute Gasteiger partial charge is 0.511 e. The molecule has 3 aliphatic carbocycles. The van der Waals surface area contributed by atoms with E-state index in [0.717, 1.165) is 0 Å². The molecule has 0 fully saturated rings. The molecule has 25 heavy (non-hydrogen) atoms. The first-order valence-corrected chi connectivity index (χ1v) is 7.76. The maximum absolute atomic E-state index is 12.7. The van der Waals surface area contributed by atoms with Crippen LogP contribution in [0.15, 0.2) is 29.0 Å². The summed E-state index contributed by atoms with van der Waals surface area (Å²) in [6, 6.07) is 0. The zero-order chi connectivity index (χ0) is 18.1. The van der Waals surface area contributed by atoms with Crippen LogP contribution in [0.25, 0.3) is 0 Å². The molecule has 0 aliphatic heterocycles. The molecule has 1 unspecified atom stereocenters. The molecule has 4 rings (SSSR count). The second-order valence-corrected chi connectivity index (χ2v) is 6.63. The van der Waals surface area contributed by atoms with Gasteiger partial charge in [-0.1, -0.05) is 0 Å². The van der Waals surface area contributed by atoms with Gasteiger partial charge in [0.2, 0.25) is 11.6 Å². The number of imidazole rings is 1. The summed E-state index contributed by atoms with van der Waals surface area (Å²) in [7, 11) is 0. The van der Waals surface area contributed by atoms with Gasteiger partial charge in [0.15, 0.2) is 5.60 Å². The van der Waals surface area contributed by atoms with Gasteiger partial charge in [-0.3, -0.25) is 14.4 Å². The predicted octanol–water partition coefficient (Wildman–Crippen LogP) is -0.402. The molecule has 1 heterocycles. The minimum absolute atomic E-state index is 0.0611. The van der Waals surface area contributed by atoms with E-state index >= 15 is 0 Å². The van der Waals surface area contributed by atoms with Crippen molar-refractivity contribution in [1.82, 2.24) is 9.97 Å². The first kappa shape index (κ1) is 15.6. The van der Waals surface area contributed by atoms with E-state index in [9.17, 15) is 29.7 Å². The Bertz CT molecular complexity index is 911. The molecule has 1 aromatic heterocycles. The standard InChI is InChI=1S/C16H15N3O6/c17-15(24)10-8(20)3-6-1-5-2-7-11(19-4-18-7)12(21)9(5)13(22)16(6,25)14(10)23/h4-6,20,22,25H,1-3H2,(H2,17,24)(H,18,19)/t5-,6?,16+/m1/s1. The smallest absolute Gasteiger partial charge is 0.255 e. The summed E-state index contributed by atoms with van der Waals surface area (Å²) in [4.78, 5) is 43.5. The number of Topliss-reactive ketones (excluding diaryl/α,β-unsaturated/α-hetero) is 2. The van der Waals surface area contributed by atoms with Crippen molar-refractivity contribution in [2.24, 2.45) is 17.6 Å². The van der Waals surface area contributed by atoms with Crippen molar-refractivity contribution >= 4 is 17.5 Å². The Morgan fingerprint density at radius 2 is 2.04 bits per heavy atom. The maximum atomic E-state index is 12.7. The lowest BCUT2D eigenvalue weighted by atomic mass is 9.61. The van der Waals surface area contributed by atoms with Crippen LogP contribution in [0.2, 0.25) is 0 Å². The Morgan fingerprint density at radius 1 is 1.32 bits per heavy atom. The number of rotatable bonds is 1. The number of allylic oxidation sites excluding steroid dienone is 2. The highest BCUT2D eigenvalue weighted by Crippen LogP contribution is 2.50. The average molecular weight is 345 g/mol. The van der Waals surface area contributed by atoms with Gasteiger partial charge < -0.3 is 26.0 Å². The molecule has 0 aromatic carbocycles. The molecule has 3 atom stereocenters. The molecule has 1 amide bonds. The zero-order valence-corrected chi connectivity index (χ0v) is 12.9. The first-order chi connectivity index (χ1) is 11.8. The summed E-state index contributed by atoms with van der Waals surface area (Å²) in [5.74, 6) is -5.50. The highest BCUT2D eigenvalue weighted by Gasteiger charge is 2.59. The maximum Gasteiger partial charge on any atom is 0.255 e. The zero-order valence-electron chi connectivity index (χ0n) is 12.9. The second-order valence-electron chi connectivity index (χ2n) is 6.63. The van der Waals surface area contributed by atoms with Crippen LogP contribution in [0.5, 0.6) is 0 Å². The summed E-state index contributed by atoms with van der Waals surface area (Å²) in [5.41, 5.74) is 2.62. The predicted molar refractivity (Wildman–Crippen MR) is 81.3 cm³/mol. The van der Waals surface area contributed by atoms with E-state index in [4.69, 9.17) is 5.73 Å². The molecule has 9 nitrogen and oxygen atoms in total. The van der Waals surface area contributed by atoms with Crippen molar-refractivity contribution in [3.05, 3.63) is 40.4 Å². The van der Waals surface area contributed by atoms with E-state index < -0.39 is 52.0 Å².